The topological polar surface area (TPSA) is 42.0 Å². The molecular formula is C13H10N2OS2. The number of hydrogen-bond acceptors (Lipinski definition) is 4. The van der Waals surface area contributed by atoms with E-state index in [1.807, 2.05) is 30.5 Å². The average molecular weight is 274 g/mol. The lowest BCUT2D eigenvalue weighted by atomic mass is 10.3. The average Bonchev–Trinajstić information content (AvgIpc) is 2.88. The number of nitrogens with one attached hydrogen (secondary N) is 1. The van der Waals surface area contributed by atoms with Gasteiger partial charge in [-0.05, 0) is 36.1 Å². The molecular weight excluding hydrogens is 264 g/mol. The van der Waals surface area contributed by atoms with Crippen molar-refractivity contribution in [2.75, 3.05) is 5.32 Å². The maximum atomic E-state index is 12.1. The zero-order valence-electron chi connectivity index (χ0n) is 9.64. The van der Waals surface area contributed by atoms with Crippen LogP contribution in [0.15, 0.2) is 36.0 Å². The van der Waals surface area contributed by atoms with Gasteiger partial charge in [-0.25, -0.2) is 0 Å². The van der Waals surface area contributed by atoms with E-state index in [2.05, 4.69) is 10.3 Å². The summed E-state index contributed by atoms with van der Waals surface area (Å²) in [6.45, 7) is 1.95. The number of anilines is 1. The van der Waals surface area contributed by atoms with Crippen molar-refractivity contribution in [2.45, 2.75) is 6.92 Å². The van der Waals surface area contributed by atoms with Crippen LogP contribution in [0.5, 0.6) is 0 Å². The molecule has 3 aromatic rings. The van der Waals surface area contributed by atoms with Gasteiger partial charge < -0.3 is 5.32 Å². The Morgan fingerprint density at radius 3 is 2.94 bits per heavy atom. The molecule has 0 fully saturated rings. The van der Waals surface area contributed by atoms with Crippen LogP contribution in [-0.4, -0.2) is 10.9 Å². The van der Waals surface area contributed by atoms with E-state index in [-0.39, 0.29) is 5.91 Å². The van der Waals surface area contributed by atoms with Crippen LogP contribution in [-0.2, 0) is 0 Å². The minimum absolute atomic E-state index is 0.0733. The van der Waals surface area contributed by atoms with Crippen LogP contribution >= 0.6 is 22.7 Å². The summed E-state index contributed by atoms with van der Waals surface area (Å²) in [6.07, 6.45) is 3.41. The maximum Gasteiger partial charge on any atom is 0.265 e. The monoisotopic (exact) mass is 274 g/mol. The number of aryl methyl sites for hydroxylation is 1. The Labute approximate surface area is 112 Å². The third-order valence-corrected chi connectivity index (χ3v) is 4.59. The van der Waals surface area contributed by atoms with Gasteiger partial charge in [0.05, 0.1) is 16.8 Å². The van der Waals surface area contributed by atoms with Crippen LogP contribution in [0.2, 0.25) is 0 Å². The molecule has 5 heteroatoms. The third-order valence-electron chi connectivity index (χ3n) is 2.50. The molecule has 0 aliphatic rings. The highest BCUT2D eigenvalue weighted by Gasteiger charge is 2.11. The number of fused-ring (bicyclic) bond motifs is 1. The summed E-state index contributed by atoms with van der Waals surface area (Å²) in [7, 11) is 0. The molecule has 3 rings (SSSR count). The van der Waals surface area contributed by atoms with Gasteiger partial charge in [0.2, 0.25) is 0 Å². The summed E-state index contributed by atoms with van der Waals surface area (Å²) in [5.74, 6) is -0.0733. The van der Waals surface area contributed by atoms with E-state index in [9.17, 15) is 4.79 Å². The number of carbonyl (C=O) groups excluding carboxylic acids is 1. The Kier molecular flexibility index (Phi) is 2.85. The predicted octanol–water partition coefficient (Wildman–Crippen LogP) is 3.92. The van der Waals surface area contributed by atoms with Crippen molar-refractivity contribution in [3.63, 3.8) is 0 Å². The van der Waals surface area contributed by atoms with Gasteiger partial charge >= 0.3 is 0 Å². The van der Waals surface area contributed by atoms with Crippen LogP contribution in [0.1, 0.15) is 15.2 Å². The standard InChI is InChI=1S/C13H10N2OS2/c1-8-4-9(7-14-6-8)15-13(16)12-5-11-10(18-12)2-3-17-11/h2-7H,1H3,(H,15,16). The summed E-state index contributed by atoms with van der Waals surface area (Å²) in [5, 5.41) is 4.90. The first kappa shape index (κ1) is 11.4. The van der Waals surface area contributed by atoms with Crippen LogP contribution < -0.4 is 5.32 Å². The summed E-state index contributed by atoms with van der Waals surface area (Å²) in [5.41, 5.74) is 1.76. The minimum atomic E-state index is -0.0733. The summed E-state index contributed by atoms with van der Waals surface area (Å²) >= 11 is 3.17. The normalized spacial score (nSPS) is 10.7. The summed E-state index contributed by atoms with van der Waals surface area (Å²) in [4.78, 5) is 16.9. The summed E-state index contributed by atoms with van der Waals surface area (Å²) < 4.78 is 2.32. The van der Waals surface area contributed by atoms with E-state index < -0.39 is 0 Å². The fourth-order valence-corrected chi connectivity index (χ4v) is 3.70. The highest BCUT2D eigenvalue weighted by Crippen LogP contribution is 2.30. The van der Waals surface area contributed by atoms with Gasteiger partial charge in [-0.3, -0.25) is 9.78 Å². The number of carbonyl (C=O) groups is 1. The molecule has 90 valence electrons. The molecule has 1 N–H and O–H groups in total. The molecule has 0 saturated carbocycles. The number of nitrogens with zero attached hydrogens (tertiary/aromatic N) is 1. The van der Waals surface area contributed by atoms with Crippen molar-refractivity contribution < 1.29 is 4.79 Å². The second-order valence-electron chi connectivity index (χ2n) is 3.96. The maximum absolute atomic E-state index is 12.1. The van der Waals surface area contributed by atoms with Crippen LogP contribution in [0.25, 0.3) is 9.40 Å². The second kappa shape index (κ2) is 4.51. The van der Waals surface area contributed by atoms with Gasteiger partial charge in [0.15, 0.2) is 0 Å². The number of amides is 1. The highest BCUT2D eigenvalue weighted by molar-refractivity contribution is 7.27. The molecule has 3 heterocycles. The molecule has 0 unspecified atom stereocenters. The minimum Gasteiger partial charge on any atom is -0.320 e. The smallest absolute Gasteiger partial charge is 0.265 e. The van der Waals surface area contributed by atoms with Crippen molar-refractivity contribution in [3.05, 3.63) is 46.4 Å². The highest BCUT2D eigenvalue weighted by atomic mass is 32.1. The number of thiophene rings is 2. The lowest BCUT2D eigenvalue weighted by Crippen LogP contribution is -2.10. The molecule has 3 nitrogen and oxygen atoms in total. The van der Waals surface area contributed by atoms with E-state index >= 15 is 0 Å². The predicted molar refractivity (Wildman–Crippen MR) is 76.6 cm³/mol. The number of rotatable bonds is 2. The van der Waals surface area contributed by atoms with Gasteiger partial charge in [0.25, 0.3) is 5.91 Å². The van der Waals surface area contributed by atoms with Crippen LogP contribution in [0.4, 0.5) is 5.69 Å². The Bertz CT molecular complexity index is 686. The first-order valence-corrected chi connectivity index (χ1v) is 7.12. The molecule has 0 aromatic carbocycles. The third kappa shape index (κ3) is 2.14. The number of aromatic nitrogens is 1. The van der Waals surface area contributed by atoms with E-state index in [1.165, 1.54) is 11.3 Å². The van der Waals surface area contributed by atoms with E-state index in [1.54, 1.807) is 23.7 Å². The SMILES string of the molecule is Cc1cncc(NC(=O)c2cc3sccc3s2)c1. The number of pyridine rings is 1. The van der Waals surface area contributed by atoms with E-state index in [4.69, 9.17) is 0 Å². The molecule has 1 amide bonds. The van der Waals surface area contributed by atoms with Gasteiger partial charge in [0.1, 0.15) is 0 Å². The molecule has 0 bridgehead atoms. The molecule has 0 aliphatic carbocycles. The Hall–Kier alpha value is -1.72. The fourth-order valence-electron chi connectivity index (χ4n) is 1.69. The molecule has 0 atom stereocenters. The molecule has 0 aliphatic heterocycles. The molecule has 0 radical (unpaired) electrons. The zero-order chi connectivity index (χ0) is 12.5. The van der Waals surface area contributed by atoms with Gasteiger partial charge in [-0.15, -0.1) is 22.7 Å². The lowest BCUT2D eigenvalue weighted by Gasteiger charge is -2.03. The molecule has 18 heavy (non-hydrogen) atoms. The van der Waals surface area contributed by atoms with Crippen molar-refractivity contribution in [1.82, 2.24) is 4.98 Å². The van der Waals surface area contributed by atoms with Gasteiger partial charge in [-0.2, -0.15) is 0 Å². The molecule has 3 aromatic heterocycles. The number of hydrogen-bond donors (Lipinski definition) is 1. The van der Waals surface area contributed by atoms with Crippen molar-refractivity contribution in [1.29, 1.82) is 0 Å². The van der Waals surface area contributed by atoms with Crippen molar-refractivity contribution in [3.8, 4) is 0 Å². The zero-order valence-corrected chi connectivity index (χ0v) is 11.3. The lowest BCUT2D eigenvalue weighted by molar-refractivity contribution is 0.103. The first-order valence-electron chi connectivity index (χ1n) is 5.42. The largest absolute Gasteiger partial charge is 0.320 e. The second-order valence-corrected chi connectivity index (χ2v) is 6.00. The van der Waals surface area contributed by atoms with Crippen molar-refractivity contribution >= 4 is 43.7 Å². The first-order chi connectivity index (χ1) is 8.72. The van der Waals surface area contributed by atoms with Gasteiger partial charge in [0, 0.05) is 15.6 Å². The quantitative estimate of drug-likeness (QED) is 0.769. The molecule has 0 spiro atoms. The molecule has 0 saturated heterocycles. The Balaban J connectivity index is 1.85. The van der Waals surface area contributed by atoms with E-state index in [0.29, 0.717) is 0 Å². The summed E-state index contributed by atoms with van der Waals surface area (Å²) in [6, 6.07) is 5.87. The van der Waals surface area contributed by atoms with Crippen molar-refractivity contribution in [2.24, 2.45) is 0 Å². The van der Waals surface area contributed by atoms with Crippen LogP contribution in [0.3, 0.4) is 0 Å². The van der Waals surface area contributed by atoms with E-state index in [0.717, 1.165) is 25.5 Å². The van der Waals surface area contributed by atoms with Gasteiger partial charge in [-0.1, -0.05) is 0 Å². The fraction of sp³-hybridized carbons (Fsp3) is 0.0769. The Morgan fingerprint density at radius 2 is 2.17 bits per heavy atom. The Morgan fingerprint density at radius 1 is 1.28 bits per heavy atom. The van der Waals surface area contributed by atoms with Crippen LogP contribution in [0, 0.1) is 6.92 Å².